The van der Waals surface area contributed by atoms with Gasteiger partial charge in [-0.1, -0.05) is 38.8 Å². The Morgan fingerprint density at radius 1 is 1.18 bits per heavy atom. The number of imidazole rings is 1. The molecular weight excluding hydrogens is 454 g/mol. The number of nitrogens with one attached hydrogen (secondary N) is 1. The van der Waals surface area contributed by atoms with E-state index in [1.165, 1.54) is 10.8 Å². The fraction of sp³-hybridized carbons (Fsp3) is 0.560. The van der Waals surface area contributed by atoms with Gasteiger partial charge in [0.25, 0.3) is 10.0 Å². The topological polar surface area (TPSA) is 107 Å². The van der Waals surface area contributed by atoms with Crippen LogP contribution in [-0.4, -0.2) is 35.3 Å². The summed E-state index contributed by atoms with van der Waals surface area (Å²) in [4.78, 5) is 30.3. The Hall–Kier alpha value is -2.68. The summed E-state index contributed by atoms with van der Waals surface area (Å²) in [6.07, 6.45) is 8.48. The lowest BCUT2D eigenvalue weighted by Gasteiger charge is -2.41. The van der Waals surface area contributed by atoms with Crippen LogP contribution in [0.1, 0.15) is 64.4 Å². The molecule has 1 unspecified atom stereocenters. The summed E-state index contributed by atoms with van der Waals surface area (Å²) in [6.45, 7) is 4.08. The lowest BCUT2D eigenvalue weighted by molar-refractivity contribution is -0.183. The van der Waals surface area contributed by atoms with Gasteiger partial charge >= 0.3 is 5.97 Å². The number of cyclic esters (lactones) is 1. The maximum absolute atomic E-state index is 13.3. The first kappa shape index (κ1) is 24.4. The molecule has 1 aliphatic heterocycles. The number of benzene rings is 1. The van der Waals surface area contributed by atoms with E-state index >= 15 is 0 Å². The molecule has 0 bridgehead atoms. The van der Waals surface area contributed by atoms with Crippen molar-refractivity contribution in [2.24, 2.45) is 18.4 Å². The summed E-state index contributed by atoms with van der Waals surface area (Å²) in [6, 6.07) is 7.11. The number of aromatic nitrogens is 2. The van der Waals surface area contributed by atoms with Crippen molar-refractivity contribution in [1.82, 2.24) is 9.55 Å². The van der Waals surface area contributed by atoms with Crippen LogP contribution >= 0.6 is 0 Å². The number of anilines is 1. The lowest BCUT2D eigenvalue weighted by atomic mass is 9.74. The van der Waals surface area contributed by atoms with Gasteiger partial charge in [-0.05, 0) is 55.2 Å². The molecule has 0 radical (unpaired) electrons. The van der Waals surface area contributed by atoms with Crippen LogP contribution in [0.15, 0.2) is 41.8 Å². The van der Waals surface area contributed by atoms with Crippen LogP contribution in [0.3, 0.4) is 0 Å². The molecule has 2 aliphatic rings. The third kappa shape index (κ3) is 4.76. The molecule has 34 heavy (non-hydrogen) atoms. The Morgan fingerprint density at radius 3 is 2.44 bits per heavy atom. The third-order valence-corrected chi connectivity index (χ3v) is 8.42. The normalized spacial score (nSPS) is 21.2. The number of hydrogen-bond donors (Lipinski definition) is 1. The number of hydrogen-bond acceptors (Lipinski definition) is 6. The van der Waals surface area contributed by atoms with Crippen LogP contribution in [0.4, 0.5) is 5.69 Å². The minimum Gasteiger partial charge on any atom is -0.458 e. The molecule has 1 N–H and O–H groups in total. The number of sulfonamides is 1. The zero-order chi connectivity index (χ0) is 24.6. The number of ether oxygens (including phenoxy) is 1. The Balaban J connectivity index is 1.51. The minimum absolute atomic E-state index is 0.0118. The van der Waals surface area contributed by atoms with Crippen molar-refractivity contribution in [2.75, 3.05) is 4.72 Å². The second-order valence-corrected chi connectivity index (χ2v) is 11.4. The minimum atomic E-state index is -3.83. The molecule has 8 nitrogen and oxygen atoms in total. The van der Waals surface area contributed by atoms with Gasteiger partial charge < -0.3 is 9.30 Å². The van der Waals surface area contributed by atoms with Gasteiger partial charge in [-0.15, -0.1) is 0 Å². The summed E-state index contributed by atoms with van der Waals surface area (Å²) in [5.41, 5.74) is 0.180. The number of rotatable bonds is 10. The lowest BCUT2D eigenvalue weighted by Crippen LogP contribution is -2.50. The molecule has 184 valence electrons. The standard InChI is InChI=1S/C25H33N3O5S/c1-4-9-25(10-5-2)17-20(29)21(22(30)33-25)24(11-12-24)16-18-7-6-8-19(15-18)27-34(31,32)23-26-13-14-28(23)3/h6-8,13-15,21,27H,4-5,9-12,16-17H2,1-3H3. The van der Waals surface area contributed by atoms with Crippen molar-refractivity contribution in [2.45, 2.75) is 76.0 Å². The van der Waals surface area contributed by atoms with Crippen molar-refractivity contribution in [3.05, 3.63) is 42.2 Å². The van der Waals surface area contributed by atoms with Crippen LogP contribution in [-0.2, 0) is 37.8 Å². The Kier molecular flexibility index (Phi) is 6.59. The fourth-order valence-corrected chi connectivity index (χ4v) is 6.63. The van der Waals surface area contributed by atoms with E-state index < -0.39 is 27.0 Å². The highest BCUT2D eigenvalue weighted by molar-refractivity contribution is 7.92. The highest BCUT2D eigenvalue weighted by Gasteiger charge is 2.60. The molecular formula is C25H33N3O5S. The van der Waals surface area contributed by atoms with E-state index in [2.05, 4.69) is 9.71 Å². The van der Waals surface area contributed by atoms with Gasteiger partial charge in [0.05, 0.1) is 0 Å². The SMILES string of the molecule is CCCC1(CCC)CC(=O)C(C2(Cc3cccc(NS(=O)(=O)c4nccn4C)c3)CC2)C(=O)O1. The highest BCUT2D eigenvalue weighted by Crippen LogP contribution is 2.57. The molecule has 1 saturated heterocycles. The van der Waals surface area contributed by atoms with Gasteiger partial charge in [0.2, 0.25) is 5.16 Å². The first-order valence-corrected chi connectivity index (χ1v) is 13.5. The molecule has 1 aromatic heterocycles. The molecule has 2 heterocycles. The van der Waals surface area contributed by atoms with E-state index in [1.807, 2.05) is 19.9 Å². The number of ketones is 1. The molecule has 0 spiro atoms. The van der Waals surface area contributed by atoms with E-state index in [9.17, 15) is 18.0 Å². The summed E-state index contributed by atoms with van der Waals surface area (Å²) in [7, 11) is -2.22. The van der Waals surface area contributed by atoms with Crippen LogP contribution in [0.5, 0.6) is 0 Å². The molecule has 2 aromatic rings. The summed E-state index contributed by atoms with van der Waals surface area (Å²) >= 11 is 0. The van der Waals surface area contributed by atoms with Gasteiger partial charge in [-0.3, -0.25) is 14.3 Å². The smallest absolute Gasteiger partial charge is 0.317 e. The third-order valence-electron chi connectivity index (χ3n) is 7.04. The van der Waals surface area contributed by atoms with Gasteiger partial charge in [0.1, 0.15) is 11.5 Å². The van der Waals surface area contributed by atoms with Crippen LogP contribution < -0.4 is 4.72 Å². The monoisotopic (exact) mass is 487 g/mol. The summed E-state index contributed by atoms with van der Waals surface area (Å²) < 4.78 is 35.4. The van der Waals surface area contributed by atoms with Crippen LogP contribution in [0.25, 0.3) is 0 Å². The van der Waals surface area contributed by atoms with E-state index in [1.54, 1.807) is 31.4 Å². The van der Waals surface area contributed by atoms with Gasteiger partial charge in [0, 0.05) is 31.5 Å². The average molecular weight is 488 g/mol. The second kappa shape index (κ2) is 9.17. The number of nitrogens with zero attached hydrogens (tertiary/aromatic N) is 2. The maximum Gasteiger partial charge on any atom is 0.317 e. The predicted molar refractivity (Wildman–Crippen MR) is 128 cm³/mol. The first-order valence-electron chi connectivity index (χ1n) is 12.0. The Labute approximate surface area is 201 Å². The second-order valence-electron chi connectivity index (χ2n) is 9.85. The van der Waals surface area contributed by atoms with E-state index in [-0.39, 0.29) is 23.3 Å². The van der Waals surface area contributed by atoms with Crippen LogP contribution in [0, 0.1) is 11.3 Å². The molecule has 1 atom stereocenters. The zero-order valence-corrected chi connectivity index (χ0v) is 20.9. The number of aryl methyl sites for hydroxylation is 1. The van der Waals surface area contributed by atoms with Crippen molar-refractivity contribution in [1.29, 1.82) is 0 Å². The average Bonchev–Trinajstić information content (AvgIpc) is 3.35. The quantitative estimate of drug-likeness (QED) is 0.401. The number of Topliss-reactive ketones (excluding diaryl/α,β-unsaturated/α-hetero) is 1. The molecule has 1 saturated carbocycles. The summed E-state index contributed by atoms with van der Waals surface area (Å²) in [5, 5.41) is -0.0743. The zero-order valence-electron chi connectivity index (χ0n) is 20.0. The molecule has 1 aliphatic carbocycles. The Bertz CT molecular complexity index is 1160. The van der Waals surface area contributed by atoms with Crippen molar-refractivity contribution < 1.29 is 22.7 Å². The van der Waals surface area contributed by atoms with Gasteiger partial charge in [-0.25, -0.2) is 4.98 Å². The number of carbonyl (C=O) groups excluding carboxylic acids is 2. The highest BCUT2D eigenvalue weighted by atomic mass is 32.2. The molecule has 2 fully saturated rings. The molecule has 4 rings (SSSR count). The number of esters is 1. The van der Waals surface area contributed by atoms with Gasteiger partial charge in [0.15, 0.2) is 5.78 Å². The summed E-state index contributed by atoms with van der Waals surface area (Å²) in [5.74, 6) is -1.15. The van der Waals surface area contributed by atoms with Crippen LogP contribution in [0.2, 0.25) is 0 Å². The predicted octanol–water partition coefficient (Wildman–Crippen LogP) is 4.01. The fourth-order valence-electron chi connectivity index (χ4n) is 5.46. The van der Waals surface area contributed by atoms with E-state index in [4.69, 9.17) is 4.74 Å². The maximum atomic E-state index is 13.3. The largest absolute Gasteiger partial charge is 0.458 e. The first-order chi connectivity index (χ1) is 16.1. The van der Waals surface area contributed by atoms with Crippen molar-refractivity contribution >= 4 is 27.5 Å². The van der Waals surface area contributed by atoms with Gasteiger partial charge in [-0.2, -0.15) is 8.42 Å². The van der Waals surface area contributed by atoms with Crippen molar-refractivity contribution in [3.8, 4) is 0 Å². The molecule has 9 heteroatoms. The van der Waals surface area contributed by atoms with Crippen molar-refractivity contribution in [3.63, 3.8) is 0 Å². The van der Waals surface area contributed by atoms with E-state index in [0.717, 1.165) is 31.2 Å². The van der Waals surface area contributed by atoms with E-state index in [0.29, 0.717) is 24.9 Å². The number of carbonyl (C=O) groups is 2. The molecule has 1 aromatic carbocycles. The Morgan fingerprint density at radius 2 is 1.88 bits per heavy atom. The molecule has 0 amide bonds.